The molecule has 1 aliphatic heterocycles. The van der Waals surface area contributed by atoms with Crippen LogP contribution in [0.5, 0.6) is 0 Å². The number of hydrogen-bond acceptors (Lipinski definition) is 3. The van der Waals surface area contributed by atoms with Crippen molar-refractivity contribution in [1.29, 1.82) is 0 Å². The first kappa shape index (κ1) is 14.7. The first-order chi connectivity index (χ1) is 8.17. The molecule has 0 aromatic heterocycles. The van der Waals surface area contributed by atoms with Crippen LogP contribution in [-0.2, 0) is 4.74 Å². The van der Waals surface area contributed by atoms with Gasteiger partial charge < -0.3 is 10.1 Å². The molecule has 0 spiro atoms. The van der Waals surface area contributed by atoms with Crippen molar-refractivity contribution >= 4 is 0 Å². The summed E-state index contributed by atoms with van der Waals surface area (Å²) < 4.78 is 5.92. The molecule has 3 nitrogen and oxygen atoms in total. The van der Waals surface area contributed by atoms with Crippen LogP contribution < -0.4 is 5.32 Å². The Kier molecular flexibility index (Phi) is 6.78. The van der Waals surface area contributed by atoms with Crippen molar-refractivity contribution < 1.29 is 4.74 Å². The average molecular weight is 240 g/mol. The Balaban J connectivity index is 2.58. The van der Waals surface area contributed by atoms with Crippen molar-refractivity contribution in [3.8, 4) is 0 Å². The summed E-state index contributed by atoms with van der Waals surface area (Å²) in [7, 11) is 0. The number of hydrogen-bond donors (Lipinski definition) is 1. The number of likely N-dealkylation sites (N-methyl/N-ethyl adjacent to an activating group) is 1. The van der Waals surface area contributed by atoms with Gasteiger partial charge in [-0.2, -0.15) is 0 Å². The Morgan fingerprint density at radius 2 is 2.24 bits per heavy atom. The van der Waals surface area contributed by atoms with E-state index in [1.165, 1.54) is 5.57 Å². The second kappa shape index (κ2) is 7.85. The Hall–Kier alpha value is -0.380. The van der Waals surface area contributed by atoms with E-state index in [-0.39, 0.29) is 0 Å². The van der Waals surface area contributed by atoms with E-state index in [1.54, 1.807) is 0 Å². The van der Waals surface area contributed by atoms with E-state index in [4.69, 9.17) is 4.74 Å². The molecule has 0 aromatic rings. The zero-order valence-electron chi connectivity index (χ0n) is 11.8. The third-order valence-electron chi connectivity index (χ3n) is 3.17. The molecule has 1 saturated heterocycles. The van der Waals surface area contributed by atoms with Gasteiger partial charge in [0.2, 0.25) is 0 Å². The van der Waals surface area contributed by atoms with E-state index in [2.05, 4.69) is 44.0 Å². The topological polar surface area (TPSA) is 24.5 Å². The highest BCUT2D eigenvalue weighted by atomic mass is 16.5. The highest BCUT2D eigenvalue weighted by Gasteiger charge is 2.25. The molecule has 1 N–H and O–H groups in total. The van der Waals surface area contributed by atoms with Crippen molar-refractivity contribution in [2.24, 2.45) is 0 Å². The summed E-state index contributed by atoms with van der Waals surface area (Å²) >= 11 is 0. The predicted octanol–water partition coefficient (Wildman–Crippen LogP) is 2.04. The smallest absolute Gasteiger partial charge is 0.0891 e. The van der Waals surface area contributed by atoms with E-state index in [9.17, 15) is 0 Å². The van der Waals surface area contributed by atoms with Crippen molar-refractivity contribution in [3.63, 3.8) is 0 Å². The fourth-order valence-corrected chi connectivity index (χ4v) is 2.20. The van der Waals surface area contributed by atoms with E-state index in [0.29, 0.717) is 12.1 Å². The number of nitrogens with zero attached hydrogens (tertiary/aromatic N) is 1. The Labute approximate surface area is 106 Å². The highest BCUT2D eigenvalue weighted by molar-refractivity contribution is 5.05. The van der Waals surface area contributed by atoms with Gasteiger partial charge >= 0.3 is 0 Å². The van der Waals surface area contributed by atoms with Gasteiger partial charge in [0, 0.05) is 13.1 Å². The zero-order chi connectivity index (χ0) is 12.7. The molecule has 1 aliphatic rings. The number of allylic oxidation sites excluding steroid dienone is 1. The molecule has 1 heterocycles. The molecule has 0 aromatic carbocycles. The molecule has 2 unspecified atom stereocenters. The zero-order valence-corrected chi connectivity index (χ0v) is 11.8. The fourth-order valence-electron chi connectivity index (χ4n) is 2.20. The summed E-state index contributed by atoms with van der Waals surface area (Å²) in [6.07, 6.45) is 3.77. The Morgan fingerprint density at radius 1 is 1.47 bits per heavy atom. The van der Waals surface area contributed by atoms with Gasteiger partial charge in [0.1, 0.15) is 0 Å². The van der Waals surface area contributed by atoms with Crippen molar-refractivity contribution in [1.82, 2.24) is 10.2 Å². The largest absolute Gasteiger partial charge is 0.374 e. The Bertz CT molecular complexity index is 236. The van der Waals surface area contributed by atoms with Crippen molar-refractivity contribution in [2.45, 2.75) is 46.3 Å². The fraction of sp³-hybridized carbons (Fsp3) is 0.857. The Morgan fingerprint density at radius 3 is 2.82 bits per heavy atom. The molecule has 2 atom stereocenters. The third kappa shape index (κ3) is 5.19. The highest BCUT2D eigenvalue weighted by Crippen LogP contribution is 2.11. The summed E-state index contributed by atoms with van der Waals surface area (Å²) in [5, 5.41) is 3.59. The lowest BCUT2D eigenvalue weighted by Crippen LogP contribution is -2.51. The summed E-state index contributed by atoms with van der Waals surface area (Å²) in [4.78, 5) is 2.47. The van der Waals surface area contributed by atoms with Crippen molar-refractivity contribution in [2.75, 3.05) is 32.8 Å². The summed E-state index contributed by atoms with van der Waals surface area (Å²) in [5.74, 6) is 0. The summed E-state index contributed by atoms with van der Waals surface area (Å²) in [6, 6.07) is 0.356. The summed E-state index contributed by atoms with van der Waals surface area (Å²) in [6.45, 7) is 13.9. The van der Waals surface area contributed by atoms with Crippen LogP contribution in [0.4, 0.5) is 0 Å². The third-order valence-corrected chi connectivity index (χ3v) is 3.17. The second-order valence-corrected chi connectivity index (χ2v) is 5.03. The first-order valence-electron chi connectivity index (χ1n) is 6.89. The molecule has 100 valence electrons. The molecular weight excluding hydrogens is 212 g/mol. The van der Waals surface area contributed by atoms with Gasteiger partial charge in [0.15, 0.2) is 0 Å². The minimum Gasteiger partial charge on any atom is -0.374 e. The van der Waals surface area contributed by atoms with Gasteiger partial charge in [-0.3, -0.25) is 4.90 Å². The molecule has 0 amide bonds. The van der Waals surface area contributed by atoms with Gasteiger partial charge in [-0.25, -0.2) is 0 Å². The monoisotopic (exact) mass is 240 g/mol. The molecule has 0 saturated carbocycles. The standard InChI is InChI=1S/C14H28N2O/c1-5-7-15-13(10-12(3)4)14-11-16(6-2)8-9-17-14/h10,13-15H,5-9,11H2,1-4H3. The molecule has 1 fully saturated rings. The van der Waals surface area contributed by atoms with E-state index in [1.807, 2.05) is 0 Å². The number of ether oxygens (including phenoxy) is 1. The van der Waals surface area contributed by atoms with Gasteiger partial charge in [-0.1, -0.05) is 25.5 Å². The van der Waals surface area contributed by atoms with Crippen LogP contribution in [0.1, 0.15) is 34.1 Å². The number of nitrogens with one attached hydrogen (secondary N) is 1. The number of morpholine rings is 1. The molecular formula is C14H28N2O. The van der Waals surface area contributed by atoms with Gasteiger partial charge in [-0.05, 0) is 33.4 Å². The maximum absolute atomic E-state index is 5.92. The minimum atomic E-state index is 0.296. The molecule has 3 heteroatoms. The molecule has 0 bridgehead atoms. The lowest BCUT2D eigenvalue weighted by atomic mass is 10.1. The van der Waals surface area contributed by atoms with Gasteiger partial charge in [0.25, 0.3) is 0 Å². The maximum atomic E-state index is 5.92. The summed E-state index contributed by atoms with van der Waals surface area (Å²) in [5.41, 5.74) is 1.36. The average Bonchev–Trinajstić information content (AvgIpc) is 2.34. The van der Waals surface area contributed by atoms with Crippen LogP contribution in [-0.4, -0.2) is 49.8 Å². The molecule has 0 radical (unpaired) electrons. The van der Waals surface area contributed by atoms with Crippen LogP contribution in [0.2, 0.25) is 0 Å². The minimum absolute atomic E-state index is 0.296. The van der Waals surface area contributed by atoms with E-state index >= 15 is 0 Å². The van der Waals surface area contributed by atoms with Gasteiger partial charge in [0.05, 0.1) is 18.8 Å². The first-order valence-corrected chi connectivity index (χ1v) is 6.89. The molecule has 0 aliphatic carbocycles. The van der Waals surface area contributed by atoms with E-state index < -0.39 is 0 Å². The predicted molar refractivity (Wildman–Crippen MR) is 73.4 cm³/mol. The van der Waals surface area contributed by atoms with Crippen molar-refractivity contribution in [3.05, 3.63) is 11.6 Å². The van der Waals surface area contributed by atoms with Crippen LogP contribution in [0, 0.1) is 0 Å². The SMILES string of the molecule is CCCNC(C=C(C)C)C1CN(CC)CCO1. The van der Waals surface area contributed by atoms with Crippen LogP contribution in [0.3, 0.4) is 0 Å². The van der Waals surface area contributed by atoms with Crippen LogP contribution in [0.25, 0.3) is 0 Å². The van der Waals surface area contributed by atoms with Crippen LogP contribution in [0.15, 0.2) is 11.6 Å². The lowest BCUT2D eigenvalue weighted by Gasteiger charge is -2.36. The van der Waals surface area contributed by atoms with Crippen LogP contribution >= 0.6 is 0 Å². The number of rotatable bonds is 6. The normalized spacial score (nSPS) is 23.4. The lowest BCUT2D eigenvalue weighted by molar-refractivity contribution is -0.0371. The van der Waals surface area contributed by atoms with E-state index in [0.717, 1.165) is 39.2 Å². The van der Waals surface area contributed by atoms with Gasteiger partial charge in [-0.15, -0.1) is 0 Å². The maximum Gasteiger partial charge on any atom is 0.0891 e. The second-order valence-electron chi connectivity index (χ2n) is 5.03. The molecule has 17 heavy (non-hydrogen) atoms. The molecule has 1 rings (SSSR count). The quantitative estimate of drug-likeness (QED) is 0.719.